The highest BCUT2D eigenvalue weighted by Gasteiger charge is 2.44. The number of fused-ring (bicyclic) bond motifs is 6. The lowest BCUT2D eigenvalue weighted by Crippen LogP contribution is -2.56. The molecule has 3 aromatic carbocycles. The van der Waals surface area contributed by atoms with E-state index in [1.807, 2.05) is 6.20 Å². The van der Waals surface area contributed by atoms with Crippen LogP contribution in [0.5, 0.6) is 11.8 Å². The number of hydrogen-bond donors (Lipinski definition) is 1. The Hall–Kier alpha value is -4.61. The number of aromatic hydroxyl groups is 1. The number of hydrogen-bond acceptors (Lipinski definition) is 10. The van der Waals surface area contributed by atoms with Crippen molar-refractivity contribution in [3.8, 4) is 35.2 Å². The molecule has 11 nitrogen and oxygen atoms in total. The van der Waals surface area contributed by atoms with E-state index in [0.717, 1.165) is 65.2 Å². The Morgan fingerprint density at radius 2 is 1.83 bits per heavy atom. The molecule has 1 N–H and O–H groups in total. The van der Waals surface area contributed by atoms with Gasteiger partial charge < -0.3 is 29.1 Å². The van der Waals surface area contributed by atoms with Crippen molar-refractivity contribution in [1.29, 1.82) is 0 Å². The van der Waals surface area contributed by atoms with Gasteiger partial charge in [0.05, 0.1) is 30.3 Å². The lowest BCUT2D eigenvalue weighted by molar-refractivity contribution is -0.0754. The van der Waals surface area contributed by atoms with Gasteiger partial charge in [-0.25, -0.2) is 8.78 Å². The van der Waals surface area contributed by atoms with Gasteiger partial charge in [0, 0.05) is 92.8 Å². The van der Waals surface area contributed by atoms with E-state index in [4.69, 9.17) is 35.7 Å². The third-order valence-electron chi connectivity index (χ3n) is 12.1. The van der Waals surface area contributed by atoms with Crippen molar-refractivity contribution in [2.45, 2.75) is 44.4 Å². The molecule has 0 radical (unpaired) electrons. The van der Waals surface area contributed by atoms with E-state index in [1.54, 1.807) is 18.8 Å². The highest BCUT2D eigenvalue weighted by molar-refractivity contribution is 6.18. The topological polar surface area (TPSA) is 101 Å². The summed E-state index contributed by atoms with van der Waals surface area (Å²) in [5, 5.41) is 17.6. The standard InChI is InChI=1S/C41H45F2N7O4/c1-6-28-31(42)10-7-24-13-27(51)14-29(33(24)28)34-36(43)38-35(30-18-48(4)46-37(30)34)39(50-25-8-9-26(50)17-49(16-25)15-23-19-53-20-23)45-40(44-38)54-22-41(2)21-47(3)12-11-32(41)52-5/h1,7,10,13-14,18,23,25-26,32,51H,8-9,11-12,15-17,19-22H2,2-5H3/t25?,26?,32-,41-/m1/s1. The molecule has 4 saturated heterocycles. The Kier molecular flexibility index (Phi) is 8.65. The summed E-state index contributed by atoms with van der Waals surface area (Å²) in [6.07, 6.45) is 10.5. The Morgan fingerprint density at radius 1 is 1.06 bits per heavy atom. The quantitative estimate of drug-likeness (QED) is 0.210. The van der Waals surface area contributed by atoms with E-state index in [1.165, 1.54) is 24.3 Å². The van der Waals surface area contributed by atoms with Crippen LogP contribution in [0, 0.1) is 35.3 Å². The molecule has 0 amide bonds. The number of phenolic OH excluding ortho intramolecular Hbond substituents is 1. The number of aryl methyl sites for hydroxylation is 1. The number of terminal acetylenes is 1. The molecule has 2 unspecified atom stereocenters. The SMILES string of the molecule is C#Cc1c(F)ccc2cc(O)cc(-c3c(F)c4nc(OC[C@@]5(C)CN(C)CC[C@H]5OC)nc(N5C6CCC5CN(CC5COC5)C6)c4c4cn(C)nc34)c12. The summed E-state index contributed by atoms with van der Waals surface area (Å²) >= 11 is 0. The molecule has 0 aliphatic carbocycles. The van der Waals surface area contributed by atoms with Crippen LogP contribution in [0.4, 0.5) is 14.6 Å². The van der Waals surface area contributed by atoms with Crippen LogP contribution >= 0.6 is 0 Å². The minimum atomic E-state index is -0.682. The Labute approximate surface area is 312 Å². The van der Waals surface area contributed by atoms with E-state index in [0.29, 0.717) is 38.8 Å². The maximum absolute atomic E-state index is 17.8. The minimum absolute atomic E-state index is 0.0280. The summed E-state index contributed by atoms with van der Waals surface area (Å²) in [7, 11) is 5.59. The first-order chi connectivity index (χ1) is 26.0. The first kappa shape index (κ1) is 35.1. The van der Waals surface area contributed by atoms with E-state index in [9.17, 15) is 5.11 Å². The first-order valence-corrected chi connectivity index (χ1v) is 18.8. The number of methoxy groups -OCH3 is 1. The predicted octanol–water partition coefficient (Wildman–Crippen LogP) is 5.34. The molecule has 5 aromatic rings. The number of anilines is 1. The van der Waals surface area contributed by atoms with Gasteiger partial charge in [0.2, 0.25) is 0 Å². The van der Waals surface area contributed by atoms with Gasteiger partial charge >= 0.3 is 6.01 Å². The predicted molar refractivity (Wildman–Crippen MR) is 203 cm³/mol. The molecule has 0 spiro atoms. The molecule has 6 heterocycles. The highest BCUT2D eigenvalue weighted by Crippen LogP contribution is 2.47. The highest BCUT2D eigenvalue weighted by atomic mass is 19.1. The number of halogens is 2. The van der Waals surface area contributed by atoms with Gasteiger partial charge in [0.1, 0.15) is 35.0 Å². The lowest BCUT2D eigenvalue weighted by Gasteiger charge is -2.44. The fraction of sp³-hybridized carbons (Fsp3) is 0.488. The molecule has 4 fully saturated rings. The molecule has 9 rings (SSSR count). The number of aromatic nitrogens is 4. The summed E-state index contributed by atoms with van der Waals surface area (Å²) in [5.41, 5.74) is 0.272. The number of phenols is 1. The first-order valence-electron chi connectivity index (χ1n) is 18.8. The third-order valence-corrected chi connectivity index (χ3v) is 12.1. The number of nitrogens with zero attached hydrogens (tertiary/aromatic N) is 7. The maximum atomic E-state index is 17.8. The number of rotatable bonds is 8. The second-order valence-electron chi connectivity index (χ2n) is 16.1. The zero-order chi connectivity index (χ0) is 37.5. The fourth-order valence-electron chi connectivity index (χ4n) is 9.67. The number of piperidine rings is 1. The van der Waals surface area contributed by atoms with Crippen LogP contribution in [0.3, 0.4) is 0 Å². The van der Waals surface area contributed by atoms with Crippen molar-refractivity contribution < 1.29 is 28.1 Å². The zero-order valence-corrected chi connectivity index (χ0v) is 31.1. The molecule has 282 valence electrons. The van der Waals surface area contributed by atoms with Gasteiger partial charge in [-0.05, 0) is 55.5 Å². The van der Waals surface area contributed by atoms with Gasteiger partial charge in [0.25, 0.3) is 0 Å². The summed E-state index contributed by atoms with van der Waals surface area (Å²) in [4.78, 5) is 17.1. The van der Waals surface area contributed by atoms with Gasteiger partial charge in [-0.2, -0.15) is 15.1 Å². The summed E-state index contributed by atoms with van der Waals surface area (Å²) in [6.45, 7) is 8.38. The zero-order valence-electron chi connectivity index (χ0n) is 31.1. The van der Waals surface area contributed by atoms with E-state index < -0.39 is 11.6 Å². The fourth-order valence-corrected chi connectivity index (χ4v) is 9.67. The summed E-state index contributed by atoms with van der Waals surface area (Å²) < 4.78 is 52.7. The number of ether oxygens (including phenoxy) is 3. The van der Waals surface area contributed by atoms with Gasteiger partial charge in [-0.15, -0.1) is 6.42 Å². The van der Waals surface area contributed by atoms with Crippen molar-refractivity contribution in [3.05, 3.63) is 47.7 Å². The number of piperazine rings is 1. The molecule has 4 aliphatic rings. The normalized spacial score (nSPS) is 25.1. The van der Waals surface area contributed by atoms with Gasteiger partial charge in [-0.1, -0.05) is 18.9 Å². The molecule has 13 heteroatoms. The molecule has 4 aliphatic heterocycles. The Balaban J connectivity index is 1.25. The molecule has 2 bridgehead atoms. The molecule has 54 heavy (non-hydrogen) atoms. The molecular weight excluding hydrogens is 692 g/mol. The minimum Gasteiger partial charge on any atom is -0.508 e. The van der Waals surface area contributed by atoms with Crippen LogP contribution in [-0.2, 0) is 16.5 Å². The van der Waals surface area contributed by atoms with Crippen LogP contribution in [0.1, 0.15) is 31.7 Å². The van der Waals surface area contributed by atoms with Crippen LogP contribution in [-0.4, -0.2) is 120 Å². The number of benzene rings is 3. The van der Waals surface area contributed by atoms with E-state index in [2.05, 4.69) is 34.6 Å². The monoisotopic (exact) mass is 737 g/mol. The van der Waals surface area contributed by atoms with E-state index in [-0.39, 0.29) is 64.2 Å². The number of likely N-dealkylation sites (tertiary alicyclic amines) is 2. The summed E-state index contributed by atoms with van der Waals surface area (Å²) in [5.74, 6) is 2.20. The molecule has 2 aromatic heterocycles. The van der Waals surface area contributed by atoms with Gasteiger partial charge in [0.15, 0.2) is 5.82 Å². The molecule has 4 atom stereocenters. The van der Waals surface area contributed by atoms with Crippen LogP contribution in [0.25, 0.3) is 43.7 Å². The van der Waals surface area contributed by atoms with Crippen molar-refractivity contribution >= 4 is 38.4 Å². The van der Waals surface area contributed by atoms with Crippen LogP contribution < -0.4 is 9.64 Å². The van der Waals surface area contributed by atoms with E-state index >= 15 is 8.78 Å². The largest absolute Gasteiger partial charge is 0.508 e. The Bertz CT molecular complexity index is 2330. The smallest absolute Gasteiger partial charge is 0.319 e. The second-order valence-corrected chi connectivity index (χ2v) is 16.1. The second kappa shape index (κ2) is 13.3. The van der Waals surface area contributed by atoms with Crippen molar-refractivity contribution in [1.82, 2.24) is 29.5 Å². The third kappa shape index (κ3) is 5.73. The average molecular weight is 738 g/mol. The van der Waals surface area contributed by atoms with Crippen molar-refractivity contribution in [2.24, 2.45) is 18.4 Å². The van der Waals surface area contributed by atoms with Crippen molar-refractivity contribution in [3.63, 3.8) is 0 Å². The Morgan fingerprint density at radius 3 is 2.54 bits per heavy atom. The maximum Gasteiger partial charge on any atom is 0.319 e. The van der Waals surface area contributed by atoms with Gasteiger partial charge in [-0.3, -0.25) is 9.58 Å². The lowest BCUT2D eigenvalue weighted by atomic mass is 9.80. The van der Waals surface area contributed by atoms with Crippen LogP contribution in [0.15, 0.2) is 30.5 Å². The molecular formula is C41H45F2N7O4. The summed E-state index contributed by atoms with van der Waals surface area (Å²) in [6, 6.07) is 6.07. The van der Waals surface area contributed by atoms with Crippen molar-refractivity contribution in [2.75, 3.05) is 71.6 Å². The van der Waals surface area contributed by atoms with Crippen LogP contribution in [0.2, 0.25) is 0 Å². The molecule has 0 saturated carbocycles. The average Bonchev–Trinajstić information content (AvgIpc) is 3.63.